The van der Waals surface area contributed by atoms with Crippen molar-refractivity contribution in [2.75, 3.05) is 0 Å². The Balaban J connectivity index is 2.39. The van der Waals surface area contributed by atoms with Crippen molar-refractivity contribution in [1.29, 1.82) is 0 Å². The molecule has 0 aliphatic rings. The van der Waals surface area contributed by atoms with Gasteiger partial charge in [-0.2, -0.15) is 0 Å². The van der Waals surface area contributed by atoms with Crippen molar-refractivity contribution in [2.45, 2.75) is 38.8 Å². The summed E-state index contributed by atoms with van der Waals surface area (Å²) in [6, 6.07) is 1.87. The van der Waals surface area contributed by atoms with Crippen molar-refractivity contribution in [3.05, 3.63) is 20.8 Å². The summed E-state index contributed by atoms with van der Waals surface area (Å²) < 4.78 is 14.5. The van der Waals surface area contributed by atoms with Crippen molar-refractivity contribution in [2.24, 2.45) is 0 Å². The Labute approximate surface area is 91.3 Å². The first-order chi connectivity index (χ1) is 6.25. The van der Waals surface area contributed by atoms with Gasteiger partial charge >= 0.3 is 0 Å². The first-order valence-electron chi connectivity index (χ1n) is 4.62. The summed E-state index contributed by atoms with van der Waals surface area (Å²) in [5.74, 6) is 0. The molecule has 1 unspecified atom stereocenters. The molecule has 0 fully saturated rings. The molecule has 1 aromatic heterocycles. The molecule has 13 heavy (non-hydrogen) atoms. The van der Waals surface area contributed by atoms with Crippen LogP contribution >= 0.6 is 27.3 Å². The molecule has 0 aromatic carbocycles. The summed E-state index contributed by atoms with van der Waals surface area (Å²) in [5, 5.41) is 1.92. The Hall–Kier alpha value is 0.110. The maximum Gasteiger partial charge on any atom is 0.127 e. The molecule has 0 saturated carbocycles. The third-order valence-electron chi connectivity index (χ3n) is 2.04. The predicted octanol–water partition coefficient (Wildman–Crippen LogP) is 5.10. The summed E-state index contributed by atoms with van der Waals surface area (Å²) in [7, 11) is 0. The fraction of sp³-hybridized carbons (Fsp3) is 0.600. The molecule has 0 spiro atoms. The van der Waals surface area contributed by atoms with Crippen LogP contribution in [0.3, 0.4) is 0 Å². The van der Waals surface area contributed by atoms with E-state index in [-0.39, 0.29) is 0 Å². The second-order valence-corrected chi connectivity index (χ2v) is 5.35. The number of rotatable bonds is 5. The lowest BCUT2D eigenvalue weighted by Gasteiger charge is -2.05. The normalized spacial score (nSPS) is 13.2. The van der Waals surface area contributed by atoms with Gasteiger partial charge in [0.1, 0.15) is 6.17 Å². The second-order valence-electron chi connectivity index (χ2n) is 3.11. The van der Waals surface area contributed by atoms with Crippen LogP contribution in [0.1, 0.15) is 44.3 Å². The topological polar surface area (TPSA) is 0 Å². The summed E-state index contributed by atoms with van der Waals surface area (Å²) in [4.78, 5) is 0. The van der Waals surface area contributed by atoms with Crippen LogP contribution in [0.4, 0.5) is 4.39 Å². The van der Waals surface area contributed by atoms with Crippen LogP contribution in [0, 0.1) is 0 Å². The Morgan fingerprint density at radius 1 is 1.54 bits per heavy atom. The molecule has 1 heterocycles. The number of thiophene rings is 1. The van der Waals surface area contributed by atoms with Crippen molar-refractivity contribution < 1.29 is 4.39 Å². The minimum atomic E-state index is -0.785. The number of hydrogen-bond acceptors (Lipinski definition) is 1. The van der Waals surface area contributed by atoms with E-state index in [1.807, 2.05) is 11.4 Å². The van der Waals surface area contributed by atoms with E-state index in [9.17, 15) is 4.39 Å². The van der Waals surface area contributed by atoms with Gasteiger partial charge < -0.3 is 0 Å². The third-order valence-corrected chi connectivity index (χ3v) is 3.78. The maximum atomic E-state index is 13.5. The van der Waals surface area contributed by atoms with Crippen LogP contribution in [0.5, 0.6) is 0 Å². The maximum absolute atomic E-state index is 13.5. The molecule has 0 aliphatic heterocycles. The zero-order valence-corrected chi connectivity index (χ0v) is 10.1. The van der Waals surface area contributed by atoms with Crippen molar-refractivity contribution in [3.8, 4) is 0 Å². The lowest BCUT2D eigenvalue weighted by molar-refractivity contribution is 0.313. The molecule has 1 rings (SSSR count). The van der Waals surface area contributed by atoms with Crippen LogP contribution in [-0.4, -0.2) is 0 Å². The second kappa shape index (κ2) is 5.76. The Bertz CT molecular complexity index is 247. The number of halogens is 2. The molecule has 0 bridgehead atoms. The monoisotopic (exact) mass is 264 g/mol. The number of hydrogen-bond donors (Lipinski definition) is 0. The SMILES string of the molecule is CCCCCC(F)c1ccsc1Br. The van der Waals surface area contributed by atoms with Gasteiger partial charge in [0.2, 0.25) is 0 Å². The zero-order valence-electron chi connectivity index (χ0n) is 7.72. The molecule has 74 valence electrons. The minimum absolute atomic E-state index is 0.656. The molecule has 0 N–H and O–H groups in total. The van der Waals surface area contributed by atoms with Gasteiger partial charge in [0.25, 0.3) is 0 Å². The van der Waals surface area contributed by atoms with Gasteiger partial charge in [-0.1, -0.05) is 26.2 Å². The molecular weight excluding hydrogens is 251 g/mol. The highest BCUT2D eigenvalue weighted by molar-refractivity contribution is 9.11. The third kappa shape index (κ3) is 3.39. The molecule has 0 nitrogen and oxygen atoms in total. The van der Waals surface area contributed by atoms with Crippen molar-refractivity contribution in [3.63, 3.8) is 0 Å². The van der Waals surface area contributed by atoms with Crippen molar-refractivity contribution >= 4 is 27.3 Å². The quantitative estimate of drug-likeness (QED) is 0.649. The van der Waals surface area contributed by atoms with Gasteiger partial charge in [0, 0.05) is 5.56 Å². The fourth-order valence-corrected chi connectivity index (χ4v) is 2.63. The number of alkyl halides is 1. The van der Waals surface area contributed by atoms with Gasteiger partial charge in [0.05, 0.1) is 3.79 Å². The summed E-state index contributed by atoms with van der Waals surface area (Å²) in [5.41, 5.74) is 0.820. The van der Waals surface area contributed by atoms with Crippen LogP contribution < -0.4 is 0 Å². The van der Waals surface area contributed by atoms with E-state index < -0.39 is 6.17 Å². The molecule has 3 heteroatoms. The van der Waals surface area contributed by atoms with Crippen LogP contribution in [-0.2, 0) is 0 Å². The summed E-state index contributed by atoms with van der Waals surface area (Å²) in [6.07, 6.45) is 3.13. The lowest BCUT2D eigenvalue weighted by atomic mass is 10.1. The van der Waals surface area contributed by atoms with E-state index in [0.29, 0.717) is 6.42 Å². The molecule has 0 radical (unpaired) electrons. The smallest absolute Gasteiger partial charge is 0.127 e. The van der Waals surface area contributed by atoms with E-state index in [2.05, 4.69) is 22.9 Å². The van der Waals surface area contributed by atoms with E-state index in [1.165, 1.54) is 0 Å². The van der Waals surface area contributed by atoms with E-state index in [4.69, 9.17) is 0 Å². The van der Waals surface area contributed by atoms with Gasteiger partial charge in [-0.15, -0.1) is 11.3 Å². The van der Waals surface area contributed by atoms with Gasteiger partial charge in [-0.3, -0.25) is 0 Å². The standard InChI is InChI=1S/C10H14BrFS/c1-2-3-4-5-9(12)8-6-7-13-10(8)11/h6-7,9H,2-5H2,1H3. The van der Waals surface area contributed by atoms with Crippen LogP contribution in [0.25, 0.3) is 0 Å². The number of unbranched alkanes of at least 4 members (excludes halogenated alkanes) is 2. The molecule has 1 atom stereocenters. The summed E-state index contributed by atoms with van der Waals surface area (Å²) >= 11 is 4.90. The highest BCUT2D eigenvalue weighted by atomic mass is 79.9. The minimum Gasteiger partial charge on any atom is -0.242 e. The van der Waals surface area contributed by atoms with E-state index >= 15 is 0 Å². The van der Waals surface area contributed by atoms with Crippen LogP contribution in [0.2, 0.25) is 0 Å². The van der Waals surface area contributed by atoms with E-state index in [0.717, 1.165) is 28.6 Å². The molecule has 0 amide bonds. The van der Waals surface area contributed by atoms with Gasteiger partial charge in [0.15, 0.2) is 0 Å². The van der Waals surface area contributed by atoms with Gasteiger partial charge in [-0.25, -0.2) is 4.39 Å². The summed E-state index contributed by atoms with van der Waals surface area (Å²) in [6.45, 7) is 2.13. The Morgan fingerprint density at radius 3 is 2.85 bits per heavy atom. The van der Waals surface area contributed by atoms with Crippen LogP contribution in [0.15, 0.2) is 15.2 Å². The first kappa shape index (κ1) is 11.2. The molecular formula is C10H14BrFS. The van der Waals surface area contributed by atoms with Crippen molar-refractivity contribution in [1.82, 2.24) is 0 Å². The van der Waals surface area contributed by atoms with E-state index in [1.54, 1.807) is 11.3 Å². The van der Waals surface area contributed by atoms with Gasteiger partial charge in [-0.05, 0) is 33.8 Å². The fourth-order valence-electron chi connectivity index (χ4n) is 1.26. The Kier molecular flexibility index (Phi) is 4.96. The predicted molar refractivity (Wildman–Crippen MR) is 60.0 cm³/mol. The Morgan fingerprint density at radius 2 is 2.31 bits per heavy atom. The molecule has 0 aliphatic carbocycles. The highest BCUT2D eigenvalue weighted by Gasteiger charge is 2.13. The lowest BCUT2D eigenvalue weighted by Crippen LogP contribution is -1.90. The molecule has 0 saturated heterocycles. The highest BCUT2D eigenvalue weighted by Crippen LogP contribution is 2.33. The average Bonchev–Trinajstić information content (AvgIpc) is 2.52. The molecule has 1 aromatic rings. The largest absolute Gasteiger partial charge is 0.242 e. The zero-order chi connectivity index (χ0) is 9.68. The first-order valence-corrected chi connectivity index (χ1v) is 6.30. The average molecular weight is 265 g/mol.